The van der Waals surface area contributed by atoms with Gasteiger partial charge in [0, 0.05) is 16.1 Å². The second-order valence-corrected chi connectivity index (χ2v) is 5.63. The number of nitrogens with zero attached hydrogens (tertiary/aromatic N) is 4. The first-order chi connectivity index (χ1) is 10.7. The maximum Gasteiger partial charge on any atom is 0.159 e. The van der Waals surface area contributed by atoms with Crippen LogP contribution in [0.25, 0.3) is 5.69 Å². The molecule has 0 radical (unpaired) electrons. The smallest absolute Gasteiger partial charge is 0.159 e. The number of fused-ring (bicyclic) bond motifs is 3. The van der Waals surface area contributed by atoms with Crippen LogP contribution in [0.1, 0.15) is 22.8 Å². The second-order valence-electron chi connectivity index (χ2n) is 5.19. The van der Waals surface area contributed by atoms with E-state index < -0.39 is 0 Å². The van der Waals surface area contributed by atoms with Crippen LogP contribution in [0.5, 0.6) is 0 Å². The Kier molecular flexibility index (Phi) is 5.14. The molecule has 0 saturated carbocycles. The zero-order valence-corrected chi connectivity index (χ0v) is 13.7. The highest BCUT2D eigenvalue weighted by molar-refractivity contribution is 6.31. The monoisotopic (exact) mass is 344 g/mol. The summed E-state index contributed by atoms with van der Waals surface area (Å²) in [7, 11) is 0. The van der Waals surface area contributed by atoms with E-state index in [0.29, 0.717) is 11.6 Å². The Morgan fingerprint density at radius 3 is 2.50 bits per heavy atom. The lowest BCUT2D eigenvalue weighted by Crippen LogP contribution is -2.08. The van der Waals surface area contributed by atoms with Crippen molar-refractivity contribution < 1.29 is 11.0 Å². The van der Waals surface area contributed by atoms with Crippen molar-refractivity contribution in [1.29, 1.82) is 0 Å². The van der Waals surface area contributed by atoms with Crippen LogP contribution in [0, 0.1) is 6.92 Å². The lowest BCUT2D eigenvalue weighted by molar-refractivity contribution is 0.823. The van der Waals surface area contributed by atoms with Crippen molar-refractivity contribution in [3.8, 4) is 5.69 Å². The number of benzene rings is 2. The SMILES string of the molecule is Cc1nnc2n1-c1ccc(Cl)cc1C(c1ccccc1)=NC2.O.O. The minimum absolute atomic E-state index is 0. The molecule has 124 valence electrons. The van der Waals surface area contributed by atoms with Gasteiger partial charge in [-0.2, -0.15) is 0 Å². The molecule has 0 bridgehead atoms. The van der Waals surface area contributed by atoms with E-state index in [1.165, 1.54) is 0 Å². The van der Waals surface area contributed by atoms with E-state index in [4.69, 9.17) is 16.6 Å². The highest BCUT2D eigenvalue weighted by Crippen LogP contribution is 2.27. The summed E-state index contributed by atoms with van der Waals surface area (Å²) in [5.41, 5.74) is 4.02. The van der Waals surface area contributed by atoms with Gasteiger partial charge in [0.15, 0.2) is 5.82 Å². The Balaban J connectivity index is 0.00000104. The summed E-state index contributed by atoms with van der Waals surface area (Å²) in [6.45, 7) is 2.44. The van der Waals surface area contributed by atoms with Gasteiger partial charge in [0.2, 0.25) is 0 Å². The van der Waals surface area contributed by atoms with Crippen molar-refractivity contribution in [3.05, 3.63) is 76.3 Å². The molecule has 1 aliphatic rings. The molecule has 2 aromatic carbocycles. The second kappa shape index (κ2) is 6.92. The summed E-state index contributed by atoms with van der Waals surface area (Å²) < 4.78 is 2.05. The third-order valence-electron chi connectivity index (χ3n) is 3.77. The maximum atomic E-state index is 6.23. The Bertz CT molecular complexity index is 891. The number of hydrogen-bond donors (Lipinski definition) is 0. The van der Waals surface area contributed by atoms with Gasteiger partial charge in [0.1, 0.15) is 12.4 Å². The Hall–Kier alpha value is -2.54. The molecule has 0 amide bonds. The topological polar surface area (TPSA) is 106 Å². The highest BCUT2D eigenvalue weighted by Gasteiger charge is 2.21. The summed E-state index contributed by atoms with van der Waals surface area (Å²) in [4.78, 5) is 4.77. The standard InChI is InChI=1S/C17H13ClN4.2H2O/c1-11-20-21-16-10-19-17(12-5-3-2-4-6-12)14-9-13(18)7-8-15(14)22(11)16;;/h2-9H,10H2,1H3;2*1H2. The number of aryl methyl sites for hydroxylation is 1. The van der Waals surface area contributed by atoms with Gasteiger partial charge < -0.3 is 11.0 Å². The van der Waals surface area contributed by atoms with E-state index in [2.05, 4.69) is 22.3 Å². The van der Waals surface area contributed by atoms with Gasteiger partial charge in [-0.1, -0.05) is 41.9 Å². The Morgan fingerprint density at radius 2 is 1.75 bits per heavy atom. The summed E-state index contributed by atoms with van der Waals surface area (Å²) in [5, 5.41) is 9.10. The molecule has 3 aromatic rings. The Labute approximate surface area is 144 Å². The highest BCUT2D eigenvalue weighted by atomic mass is 35.5. The van der Waals surface area contributed by atoms with Crippen LogP contribution >= 0.6 is 11.6 Å². The van der Waals surface area contributed by atoms with Gasteiger partial charge in [0.05, 0.1) is 11.4 Å². The lowest BCUT2D eigenvalue weighted by atomic mass is 10.0. The van der Waals surface area contributed by atoms with Crippen LogP contribution in [0.15, 0.2) is 53.5 Å². The van der Waals surface area contributed by atoms with Crippen molar-refractivity contribution in [3.63, 3.8) is 0 Å². The van der Waals surface area contributed by atoms with Crippen LogP contribution in [0.4, 0.5) is 0 Å². The van der Waals surface area contributed by atoms with Gasteiger partial charge in [-0.05, 0) is 25.1 Å². The molecule has 0 atom stereocenters. The molecule has 24 heavy (non-hydrogen) atoms. The fourth-order valence-electron chi connectivity index (χ4n) is 2.79. The zero-order chi connectivity index (χ0) is 15.1. The van der Waals surface area contributed by atoms with Crippen molar-refractivity contribution >= 4 is 17.3 Å². The van der Waals surface area contributed by atoms with Gasteiger partial charge in [-0.25, -0.2) is 0 Å². The molecule has 0 fully saturated rings. The third-order valence-corrected chi connectivity index (χ3v) is 4.01. The van der Waals surface area contributed by atoms with Gasteiger partial charge in [-0.15, -0.1) is 10.2 Å². The van der Waals surface area contributed by atoms with Crippen molar-refractivity contribution in [1.82, 2.24) is 14.8 Å². The fourth-order valence-corrected chi connectivity index (χ4v) is 2.96. The molecular formula is C17H17ClN4O2. The van der Waals surface area contributed by atoms with E-state index in [1.54, 1.807) is 0 Å². The first kappa shape index (κ1) is 17.8. The Morgan fingerprint density at radius 1 is 1.00 bits per heavy atom. The van der Waals surface area contributed by atoms with Gasteiger partial charge >= 0.3 is 0 Å². The van der Waals surface area contributed by atoms with E-state index in [-0.39, 0.29) is 11.0 Å². The molecule has 0 saturated heterocycles. The summed E-state index contributed by atoms with van der Waals surface area (Å²) >= 11 is 6.23. The normalized spacial score (nSPS) is 12.0. The van der Waals surface area contributed by atoms with E-state index in [1.807, 2.05) is 47.9 Å². The summed E-state index contributed by atoms with van der Waals surface area (Å²) in [5.74, 6) is 1.69. The van der Waals surface area contributed by atoms with Crippen LogP contribution in [0.2, 0.25) is 5.02 Å². The third kappa shape index (κ3) is 2.82. The summed E-state index contributed by atoms with van der Waals surface area (Å²) in [6, 6.07) is 16.0. The van der Waals surface area contributed by atoms with Crippen LogP contribution in [-0.4, -0.2) is 31.4 Å². The fraction of sp³-hybridized carbons (Fsp3) is 0.118. The number of aliphatic imine (C=N–C) groups is 1. The largest absolute Gasteiger partial charge is 0.412 e. The average Bonchev–Trinajstić information content (AvgIpc) is 2.82. The van der Waals surface area contributed by atoms with Crippen molar-refractivity contribution in [2.75, 3.05) is 0 Å². The van der Waals surface area contributed by atoms with Crippen LogP contribution in [0.3, 0.4) is 0 Å². The van der Waals surface area contributed by atoms with Gasteiger partial charge in [0.25, 0.3) is 0 Å². The van der Waals surface area contributed by atoms with E-state index in [9.17, 15) is 0 Å². The molecule has 0 aliphatic carbocycles. The zero-order valence-electron chi connectivity index (χ0n) is 13.0. The molecule has 0 spiro atoms. The van der Waals surface area contributed by atoms with Crippen LogP contribution in [-0.2, 0) is 6.54 Å². The quantitative estimate of drug-likeness (QED) is 0.672. The molecule has 1 aliphatic heterocycles. The minimum Gasteiger partial charge on any atom is -0.412 e. The molecular weight excluding hydrogens is 328 g/mol. The number of hydrogen-bond acceptors (Lipinski definition) is 3. The van der Waals surface area contributed by atoms with Crippen molar-refractivity contribution in [2.24, 2.45) is 4.99 Å². The van der Waals surface area contributed by atoms with E-state index >= 15 is 0 Å². The van der Waals surface area contributed by atoms with Crippen molar-refractivity contribution in [2.45, 2.75) is 13.5 Å². The summed E-state index contributed by atoms with van der Waals surface area (Å²) in [6.07, 6.45) is 0. The molecule has 4 rings (SSSR count). The minimum atomic E-state index is 0. The van der Waals surface area contributed by atoms with E-state index in [0.717, 1.165) is 34.2 Å². The molecule has 6 nitrogen and oxygen atoms in total. The molecule has 7 heteroatoms. The van der Waals surface area contributed by atoms with Gasteiger partial charge in [-0.3, -0.25) is 9.56 Å². The predicted octanol–water partition coefficient (Wildman–Crippen LogP) is 1.93. The molecule has 1 aromatic heterocycles. The van der Waals surface area contributed by atoms with Crippen LogP contribution < -0.4 is 0 Å². The first-order valence-corrected chi connectivity index (χ1v) is 7.43. The molecule has 0 unspecified atom stereocenters. The first-order valence-electron chi connectivity index (χ1n) is 7.05. The maximum absolute atomic E-state index is 6.23. The number of halogens is 1. The average molecular weight is 345 g/mol. The molecule has 2 heterocycles. The number of rotatable bonds is 1. The molecule has 4 N–H and O–H groups in total. The lowest BCUT2D eigenvalue weighted by Gasteiger charge is -2.12. The predicted molar refractivity (Wildman–Crippen MR) is 94.1 cm³/mol. The number of aromatic nitrogens is 3.